The lowest BCUT2D eigenvalue weighted by Gasteiger charge is -2.34. The number of nitrogens with two attached hydrogens (primary N) is 1. The standard InChI is InChI=1S/C21H25F2N3O/c22-18-6-2-16(3-7-18)21(20(24)27,17-4-8-19(23)9-5-17)10-1-13-26-14-11-25-12-15-26/h2-9,25H,1,10-15H2,(H2,24,27). The van der Waals surface area contributed by atoms with Gasteiger partial charge in [-0.2, -0.15) is 0 Å². The van der Waals surface area contributed by atoms with Crippen molar-refractivity contribution in [1.82, 2.24) is 10.2 Å². The molecule has 3 N–H and O–H groups in total. The Morgan fingerprint density at radius 2 is 1.44 bits per heavy atom. The Kier molecular flexibility index (Phi) is 6.19. The Labute approximate surface area is 158 Å². The summed E-state index contributed by atoms with van der Waals surface area (Å²) in [5.74, 6) is -1.27. The molecule has 0 unspecified atom stereocenters. The number of hydrogen-bond donors (Lipinski definition) is 2. The summed E-state index contributed by atoms with van der Waals surface area (Å²) in [6, 6.07) is 11.7. The van der Waals surface area contributed by atoms with E-state index in [0.717, 1.165) is 39.1 Å². The average molecular weight is 373 g/mol. The summed E-state index contributed by atoms with van der Waals surface area (Å²) in [5, 5.41) is 3.32. The third-order valence-corrected chi connectivity index (χ3v) is 5.33. The van der Waals surface area contributed by atoms with Crippen LogP contribution < -0.4 is 11.1 Å². The first-order chi connectivity index (χ1) is 13.0. The summed E-state index contributed by atoms with van der Waals surface area (Å²) in [6.07, 6.45) is 1.22. The Morgan fingerprint density at radius 3 is 1.89 bits per heavy atom. The van der Waals surface area contributed by atoms with E-state index in [-0.39, 0.29) is 11.6 Å². The summed E-state index contributed by atoms with van der Waals surface area (Å²) >= 11 is 0. The van der Waals surface area contributed by atoms with Crippen LogP contribution in [0.4, 0.5) is 8.78 Å². The molecule has 0 saturated carbocycles. The monoisotopic (exact) mass is 373 g/mol. The van der Waals surface area contributed by atoms with Gasteiger partial charge in [0, 0.05) is 26.2 Å². The highest BCUT2D eigenvalue weighted by atomic mass is 19.1. The molecule has 27 heavy (non-hydrogen) atoms. The fourth-order valence-corrected chi connectivity index (χ4v) is 3.83. The highest BCUT2D eigenvalue weighted by Crippen LogP contribution is 2.37. The van der Waals surface area contributed by atoms with Crippen LogP contribution >= 0.6 is 0 Å². The molecular weight excluding hydrogens is 348 g/mol. The maximum absolute atomic E-state index is 13.4. The second kappa shape index (κ2) is 8.59. The van der Waals surface area contributed by atoms with E-state index in [2.05, 4.69) is 10.2 Å². The van der Waals surface area contributed by atoms with E-state index >= 15 is 0 Å². The van der Waals surface area contributed by atoms with Gasteiger partial charge in [-0.15, -0.1) is 0 Å². The highest BCUT2D eigenvalue weighted by Gasteiger charge is 2.40. The molecule has 0 radical (unpaired) electrons. The van der Waals surface area contributed by atoms with Crippen LogP contribution in [-0.2, 0) is 10.2 Å². The smallest absolute Gasteiger partial charge is 0.232 e. The first-order valence-electron chi connectivity index (χ1n) is 9.27. The lowest BCUT2D eigenvalue weighted by Crippen LogP contribution is -2.45. The lowest BCUT2D eigenvalue weighted by molar-refractivity contribution is -0.122. The average Bonchev–Trinajstić information content (AvgIpc) is 2.68. The first kappa shape index (κ1) is 19.5. The molecule has 1 heterocycles. The minimum Gasteiger partial charge on any atom is -0.369 e. The van der Waals surface area contributed by atoms with Gasteiger partial charge in [-0.1, -0.05) is 24.3 Å². The summed E-state index contributed by atoms with van der Waals surface area (Å²) in [6.45, 7) is 4.69. The molecule has 1 amide bonds. The van der Waals surface area contributed by atoms with Crippen LogP contribution in [0.2, 0.25) is 0 Å². The largest absolute Gasteiger partial charge is 0.369 e. The molecule has 1 fully saturated rings. The van der Waals surface area contributed by atoms with Crippen LogP contribution in [0.5, 0.6) is 0 Å². The molecular formula is C21H25F2N3O. The van der Waals surface area contributed by atoms with Gasteiger partial charge in [-0.25, -0.2) is 8.78 Å². The third kappa shape index (κ3) is 4.34. The highest BCUT2D eigenvalue weighted by molar-refractivity contribution is 5.90. The van der Waals surface area contributed by atoms with Crippen molar-refractivity contribution in [2.24, 2.45) is 5.73 Å². The van der Waals surface area contributed by atoms with E-state index in [1.807, 2.05) is 0 Å². The normalized spacial score (nSPS) is 15.6. The minimum absolute atomic E-state index is 0.378. The Balaban J connectivity index is 1.91. The molecule has 3 rings (SSSR count). The summed E-state index contributed by atoms with van der Waals surface area (Å²) in [7, 11) is 0. The number of carbonyl (C=O) groups excluding carboxylic acids is 1. The second-order valence-electron chi connectivity index (χ2n) is 6.98. The van der Waals surface area contributed by atoms with Gasteiger partial charge in [-0.05, 0) is 54.8 Å². The zero-order valence-electron chi connectivity index (χ0n) is 15.3. The number of rotatable bonds is 7. The van der Waals surface area contributed by atoms with Crippen LogP contribution in [0.25, 0.3) is 0 Å². The molecule has 0 aromatic heterocycles. The van der Waals surface area contributed by atoms with Gasteiger partial charge < -0.3 is 16.0 Å². The van der Waals surface area contributed by atoms with Gasteiger partial charge in [0.05, 0.1) is 5.41 Å². The number of benzene rings is 2. The van der Waals surface area contributed by atoms with Crippen LogP contribution in [0.1, 0.15) is 24.0 Å². The van der Waals surface area contributed by atoms with Crippen molar-refractivity contribution in [1.29, 1.82) is 0 Å². The van der Waals surface area contributed by atoms with Crippen LogP contribution in [0, 0.1) is 11.6 Å². The first-order valence-corrected chi connectivity index (χ1v) is 9.27. The summed E-state index contributed by atoms with van der Waals surface area (Å²) < 4.78 is 26.9. The van der Waals surface area contributed by atoms with Crippen molar-refractivity contribution in [2.45, 2.75) is 18.3 Å². The van der Waals surface area contributed by atoms with E-state index in [1.54, 1.807) is 24.3 Å². The fraction of sp³-hybridized carbons (Fsp3) is 0.381. The summed E-state index contributed by atoms with van der Waals surface area (Å²) in [4.78, 5) is 15.0. The van der Waals surface area contributed by atoms with Crippen molar-refractivity contribution in [3.05, 3.63) is 71.3 Å². The van der Waals surface area contributed by atoms with Crippen LogP contribution in [-0.4, -0.2) is 43.5 Å². The molecule has 1 aliphatic heterocycles. The number of hydrogen-bond acceptors (Lipinski definition) is 3. The topological polar surface area (TPSA) is 58.4 Å². The van der Waals surface area contributed by atoms with Gasteiger partial charge in [0.2, 0.25) is 5.91 Å². The minimum atomic E-state index is -1.12. The van der Waals surface area contributed by atoms with Gasteiger partial charge in [-0.3, -0.25) is 4.79 Å². The maximum atomic E-state index is 13.4. The Hall–Kier alpha value is -2.31. The predicted octanol–water partition coefficient (Wildman–Crippen LogP) is 2.42. The van der Waals surface area contributed by atoms with Gasteiger partial charge in [0.1, 0.15) is 11.6 Å². The van der Waals surface area contributed by atoms with Crippen molar-refractivity contribution in [3.63, 3.8) is 0 Å². The zero-order chi connectivity index (χ0) is 19.3. The molecule has 1 saturated heterocycles. The number of nitrogens with zero attached hydrogens (tertiary/aromatic N) is 1. The number of primary amides is 1. The zero-order valence-corrected chi connectivity index (χ0v) is 15.3. The second-order valence-corrected chi connectivity index (χ2v) is 6.98. The Bertz CT molecular complexity index is 711. The molecule has 2 aromatic carbocycles. The quantitative estimate of drug-likeness (QED) is 0.784. The molecule has 6 heteroatoms. The third-order valence-electron chi connectivity index (χ3n) is 5.33. The van der Waals surface area contributed by atoms with E-state index in [9.17, 15) is 13.6 Å². The molecule has 0 atom stereocenters. The molecule has 1 aliphatic rings. The molecule has 144 valence electrons. The summed E-state index contributed by atoms with van der Waals surface area (Å²) in [5.41, 5.74) is 6.02. The lowest BCUT2D eigenvalue weighted by atomic mass is 9.70. The fourth-order valence-electron chi connectivity index (χ4n) is 3.83. The maximum Gasteiger partial charge on any atom is 0.232 e. The van der Waals surface area contributed by atoms with E-state index < -0.39 is 11.3 Å². The van der Waals surface area contributed by atoms with E-state index in [0.29, 0.717) is 17.5 Å². The van der Waals surface area contributed by atoms with Crippen LogP contribution in [0.3, 0.4) is 0 Å². The predicted molar refractivity (Wildman–Crippen MR) is 101 cm³/mol. The van der Waals surface area contributed by atoms with Crippen molar-refractivity contribution in [3.8, 4) is 0 Å². The van der Waals surface area contributed by atoms with E-state index in [1.165, 1.54) is 24.3 Å². The van der Waals surface area contributed by atoms with Crippen molar-refractivity contribution < 1.29 is 13.6 Å². The van der Waals surface area contributed by atoms with Gasteiger partial charge in [0.25, 0.3) is 0 Å². The van der Waals surface area contributed by atoms with Gasteiger partial charge in [0.15, 0.2) is 0 Å². The number of nitrogens with one attached hydrogen (secondary N) is 1. The Morgan fingerprint density at radius 1 is 0.963 bits per heavy atom. The van der Waals surface area contributed by atoms with E-state index in [4.69, 9.17) is 5.73 Å². The number of carbonyl (C=O) groups is 1. The van der Waals surface area contributed by atoms with Crippen molar-refractivity contribution in [2.75, 3.05) is 32.7 Å². The number of piperazine rings is 1. The molecule has 0 aliphatic carbocycles. The molecule has 0 spiro atoms. The molecule has 2 aromatic rings. The number of amides is 1. The number of halogens is 2. The van der Waals surface area contributed by atoms with Crippen molar-refractivity contribution >= 4 is 5.91 Å². The SMILES string of the molecule is NC(=O)C(CCCN1CCNCC1)(c1ccc(F)cc1)c1ccc(F)cc1. The van der Waals surface area contributed by atoms with Gasteiger partial charge >= 0.3 is 0 Å². The molecule has 0 bridgehead atoms. The molecule has 4 nitrogen and oxygen atoms in total. The van der Waals surface area contributed by atoms with Crippen LogP contribution in [0.15, 0.2) is 48.5 Å².